The van der Waals surface area contributed by atoms with Crippen LogP contribution in [0.5, 0.6) is 0 Å². The molecule has 6 heteroatoms. The van der Waals surface area contributed by atoms with Crippen molar-refractivity contribution in [3.8, 4) is 22.5 Å². The second-order valence-electron chi connectivity index (χ2n) is 18.8. The van der Waals surface area contributed by atoms with Crippen molar-refractivity contribution in [3.05, 3.63) is 222 Å². The molecule has 0 spiro atoms. The minimum atomic E-state index is -0.384. The minimum absolute atomic E-state index is 0.318. The molecule has 2 atom stereocenters. The third kappa shape index (κ3) is 6.18. The molecule has 2 unspecified atom stereocenters. The number of nitrogens with zero attached hydrogens (tertiary/aromatic N) is 6. The normalized spacial score (nSPS) is 20.2. The lowest BCUT2D eigenvalue weighted by molar-refractivity contribution is 0.354. The van der Waals surface area contributed by atoms with Crippen LogP contribution in [0.15, 0.2) is 199 Å². The Hall–Kier alpha value is -7.31. The Morgan fingerprint density at radius 2 is 1.14 bits per heavy atom. The van der Waals surface area contributed by atoms with Crippen LogP contribution >= 0.6 is 0 Å². The zero-order chi connectivity index (χ0) is 43.8. The van der Waals surface area contributed by atoms with Crippen molar-refractivity contribution < 1.29 is 0 Å². The van der Waals surface area contributed by atoms with E-state index in [4.69, 9.17) is 15.0 Å². The third-order valence-corrected chi connectivity index (χ3v) is 14.2. The fourth-order valence-electron chi connectivity index (χ4n) is 11.0. The number of aliphatic imine (C=N–C) groups is 1. The minimum Gasteiger partial charge on any atom is -0.335 e. The lowest BCUT2D eigenvalue weighted by atomic mass is 9.61. The molecule has 0 bridgehead atoms. The fraction of sp³-hybridized carbons (Fsp3) is 0.190. The van der Waals surface area contributed by atoms with E-state index in [2.05, 4.69) is 220 Å². The van der Waals surface area contributed by atoms with Crippen molar-refractivity contribution in [1.29, 1.82) is 0 Å². The van der Waals surface area contributed by atoms with Gasteiger partial charge < -0.3 is 14.7 Å². The molecular weight excluding hydrogens is 781 g/mol. The molecule has 6 nitrogen and oxygen atoms in total. The summed E-state index contributed by atoms with van der Waals surface area (Å²) in [6, 6.07) is 54.5. The van der Waals surface area contributed by atoms with Gasteiger partial charge in [0.05, 0.1) is 22.6 Å². The molecule has 4 aliphatic rings. The summed E-state index contributed by atoms with van der Waals surface area (Å²) >= 11 is 0. The van der Waals surface area contributed by atoms with Gasteiger partial charge in [-0.25, -0.2) is 4.99 Å². The van der Waals surface area contributed by atoms with E-state index in [-0.39, 0.29) is 22.7 Å². The summed E-state index contributed by atoms with van der Waals surface area (Å²) in [6.07, 6.45) is 13.4. The third-order valence-electron chi connectivity index (χ3n) is 14.2. The van der Waals surface area contributed by atoms with Gasteiger partial charge in [-0.15, -0.1) is 0 Å². The number of hydrogen-bond donors (Lipinski definition) is 0. The van der Waals surface area contributed by atoms with Gasteiger partial charge in [0.15, 0.2) is 0 Å². The molecule has 0 N–H and O–H groups in total. The van der Waals surface area contributed by atoms with Gasteiger partial charge in [-0.05, 0) is 113 Å². The number of para-hydroxylation sites is 1. The lowest BCUT2D eigenvalue weighted by Crippen LogP contribution is -2.55. The van der Waals surface area contributed by atoms with Crippen LogP contribution in [-0.4, -0.2) is 39.5 Å². The Bertz CT molecular complexity index is 3000. The number of rotatable bonds is 6. The summed E-state index contributed by atoms with van der Waals surface area (Å²) in [5.74, 6) is 0. The summed E-state index contributed by atoms with van der Waals surface area (Å²) in [4.78, 5) is 22.9. The number of anilines is 4. The molecule has 5 aromatic carbocycles. The van der Waals surface area contributed by atoms with Crippen LogP contribution in [0.3, 0.4) is 0 Å². The Morgan fingerprint density at radius 3 is 1.80 bits per heavy atom. The first-order valence-corrected chi connectivity index (χ1v) is 22.4. The zero-order valence-corrected chi connectivity index (χ0v) is 37.4. The molecule has 2 aromatic heterocycles. The van der Waals surface area contributed by atoms with Crippen LogP contribution in [-0.2, 0) is 10.8 Å². The largest absolute Gasteiger partial charge is 0.335 e. The van der Waals surface area contributed by atoms with E-state index >= 15 is 0 Å². The molecule has 0 amide bonds. The topological polar surface area (TPSA) is 47.9 Å². The van der Waals surface area contributed by atoms with Crippen LogP contribution in [0.1, 0.15) is 68.9 Å². The average Bonchev–Trinajstić information content (AvgIpc) is 3.33. The Labute approximate surface area is 377 Å². The highest BCUT2D eigenvalue weighted by atomic mass is 15.4. The maximum Gasteiger partial charge on any atom is 0.203 e. The summed E-state index contributed by atoms with van der Waals surface area (Å²) in [5, 5.41) is 0. The molecule has 5 heterocycles. The van der Waals surface area contributed by atoms with Gasteiger partial charge in [-0.1, -0.05) is 137 Å². The molecule has 314 valence electrons. The van der Waals surface area contributed by atoms with Crippen molar-refractivity contribution in [2.24, 2.45) is 4.99 Å². The Balaban J connectivity index is 1.18. The standard InChI is InChI=1S/C58H52N6/c1-56(2)44-25-13-14-28-50(44)63(55-61-49(39-21-9-7-10-22-39)38-51(62(55)6)40-23-11-8-12-24-40)52-36-46-53(37-45(52)56)64(58(5)30-18-15-29-54(58)57(46,3)4)43-34-41(47-26-16-19-31-59-47)33-42(35-43)48-27-17-20-32-60-48/h7-29,31-38,55H,30H2,1-6H3. The number of pyridine rings is 2. The number of hydrogen-bond acceptors (Lipinski definition) is 6. The molecule has 64 heavy (non-hydrogen) atoms. The van der Waals surface area contributed by atoms with Gasteiger partial charge in [0.2, 0.25) is 6.29 Å². The van der Waals surface area contributed by atoms with Crippen molar-refractivity contribution >= 4 is 34.2 Å². The van der Waals surface area contributed by atoms with Gasteiger partial charge in [0, 0.05) is 69.8 Å². The predicted molar refractivity (Wildman–Crippen MR) is 264 cm³/mol. The summed E-state index contributed by atoms with van der Waals surface area (Å²) in [6.45, 7) is 12.1. The smallest absolute Gasteiger partial charge is 0.203 e. The van der Waals surface area contributed by atoms with Gasteiger partial charge in [-0.2, -0.15) is 0 Å². The molecule has 3 aliphatic heterocycles. The Kier molecular flexibility index (Phi) is 9.21. The highest BCUT2D eigenvalue weighted by molar-refractivity contribution is 6.13. The number of benzene rings is 5. The van der Waals surface area contributed by atoms with Gasteiger partial charge in [0.1, 0.15) is 0 Å². The quantitative estimate of drug-likeness (QED) is 0.167. The van der Waals surface area contributed by atoms with E-state index < -0.39 is 0 Å². The van der Waals surface area contributed by atoms with E-state index in [0.29, 0.717) is 0 Å². The molecule has 7 aromatic rings. The number of fused-ring (bicyclic) bond motifs is 4. The second kappa shape index (κ2) is 14.9. The number of aromatic nitrogens is 2. The van der Waals surface area contributed by atoms with Crippen LogP contribution < -0.4 is 9.80 Å². The summed E-state index contributed by atoms with van der Waals surface area (Å²) < 4.78 is 0. The van der Waals surface area contributed by atoms with E-state index in [1.165, 1.54) is 39.3 Å². The highest BCUT2D eigenvalue weighted by Gasteiger charge is 2.52. The van der Waals surface area contributed by atoms with E-state index in [9.17, 15) is 0 Å². The number of allylic oxidation sites excluding steroid dienone is 3. The molecule has 0 saturated heterocycles. The van der Waals surface area contributed by atoms with Crippen LogP contribution in [0.2, 0.25) is 0 Å². The molecule has 0 saturated carbocycles. The van der Waals surface area contributed by atoms with Crippen LogP contribution in [0.25, 0.3) is 28.2 Å². The SMILES string of the molecule is CN1C(c2ccccc2)=CC(c2ccccc2)=NC1N1c2ccccc2C(C)(C)c2cc3c(cc21)C(C)(C)C1=CC=CCC1(C)N3c1cc(-c2ccccn2)cc(-c2ccccn2)c1. The maximum atomic E-state index is 5.69. The predicted octanol–water partition coefficient (Wildman–Crippen LogP) is 13.4. The summed E-state index contributed by atoms with van der Waals surface area (Å²) in [7, 11) is 2.19. The lowest BCUT2D eigenvalue weighted by Gasteiger charge is -2.56. The first-order chi connectivity index (χ1) is 31.0. The molecule has 1 aliphatic carbocycles. The monoisotopic (exact) mass is 832 g/mol. The van der Waals surface area contributed by atoms with E-state index in [0.717, 1.165) is 57.2 Å². The molecular formula is C58H52N6. The first-order valence-electron chi connectivity index (χ1n) is 22.4. The van der Waals surface area contributed by atoms with Gasteiger partial charge in [-0.3, -0.25) is 9.97 Å². The van der Waals surface area contributed by atoms with Crippen molar-refractivity contribution in [3.63, 3.8) is 0 Å². The van der Waals surface area contributed by atoms with Crippen LogP contribution in [0.4, 0.5) is 22.7 Å². The van der Waals surface area contributed by atoms with Gasteiger partial charge in [0.25, 0.3) is 0 Å². The summed E-state index contributed by atoms with van der Waals surface area (Å²) in [5.41, 5.74) is 17.1. The van der Waals surface area contributed by atoms with E-state index in [1.807, 2.05) is 24.5 Å². The zero-order valence-electron chi connectivity index (χ0n) is 37.4. The maximum absolute atomic E-state index is 5.69. The van der Waals surface area contributed by atoms with Crippen LogP contribution in [0, 0.1) is 0 Å². The van der Waals surface area contributed by atoms with Crippen molar-refractivity contribution in [1.82, 2.24) is 14.9 Å². The van der Waals surface area contributed by atoms with E-state index in [1.54, 1.807) is 0 Å². The second-order valence-corrected chi connectivity index (χ2v) is 18.8. The average molecular weight is 833 g/mol. The first kappa shape index (κ1) is 39.5. The van der Waals surface area contributed by atoms with Crippen molar-refractivity contribution in [2.75, 3.05) is 16.8 Å². The molecule has 0 radical (unpaired) electrons. The molecule has 11 rings (SSSR count). The fourth-order valence-corrected chi connectivity index (χ4v) is 11.0. The van der Waals surface area contributed by atoms with Gasteiger partial charge >= 0.3 is 0 Å². The molecule has 0 fully saturated rings. The van der Waals surface area contributed by atoms with Crippen molar-refractivity contribution in [2.45, 2.75) is 63.7 Å². The Morgan fingerprint density at radius 1 is 0.547 bits per heavy atom. The highest BCUT2D eigenvalue weighted by Crippen LogP contribution is 2.60.